The second kappa shape index (κ2) is 6.76. The molecule has 4 rings (SSSR count). The van der Waals surface area contributed by atoms with Crippen molar-refractivity contribution in [1.29, 1.82) is 0 Å². The van der Waals surface area contributed by atoms with Crippen molar-refractivity contribution in [2.75, 3.05) is 11.9 Å². The maximum atomic E-state index is 10.9. The van der Waals surface area contributed by atoms with E-state index in [2.05, 4.69) is 15.4 Å². The Balaban J connectivity index is 1.93. The van der Waals surface area contributed by atoms with Crippen molar-refractivity contribution in [3.63, 3.8) is 0 Å². The summed E-state index contributed by atoms with van der Waals surface area (Å²) in [4.78, 5) is 20.1. The lowest BCUT2D eigenvalue weighted by atomic mass is 10.0. The van der Waals surface area contributed by atoms with Gasteiger partial charge in [0.15, 0.2) is 0 Å². The third kappa shape index (κ3) is 2.93. The van der Waals surface area contributed by atoms with Crippen LogP contribution in [0.4, 0.5) is 5.95 Å². The topological polar surface area (TPSA) is 72.2 Å². The molecule has 0 bridgehead atoms. The van der Waals surface area contributed by atoms with Crippen molar-refractivity contribution in [3.8, 4) is 22.4 Å². The van der Waals surface area contributed by atoms with Crippen LogP contribution in [0.25, 0.3) is 28.2 Å². The standard InChI is InChI=1S/C20H17N5O/c1-2-21-19-23-20-22-18(16-10-8-14(13-26)9-11-16)17(12-25(20)24-19)15-6-4-3-5-7-15/h3-13H,2H2,1H3,(H,21,24). The molecule has 0 amide bonds. The van der Waals surface area contributed by atoms with Gasteiger partial charge in [-0.25, -0.2) is 9.50 Å². The van der Waals surface area contributed by atoms with E-state index in [0.717, 1.165) is 35.2 Å². The summed E-state index contributed by atoms with van der Waals surface area (Å²) in [6, 6.07) is 17.4. The molecule has 4 aromatic rings. The molecule has 0 atom stereocenters. The number of aldehydes is 1. The summed E-state index contributed by atoms with van der Waals surface area (Å²) < 4.78 is 1.68. The van der Waals surface area contributed by atoms with Gasteiger partial charge < -0.3 is 5.32 Å². The Morgan fingerprint density at radius 2 is 1.77 bits per heavy atom. The van der Waals surface area contributed by atoms with Crippen LogP contribution in [0.5, 0.6) is 0 Å². The predicted octanol–water partition coefficient (Wildman–Crippen LogP) is 3.70. The predicted molar refractivity (Wildman–Crippen MR) is 101 cm³/mol. The van der Waals surface area contributed by atoms with Crippen molar-refractivity contribution in [3.05, 3.63) is 66.4 Å². The van der Waals surface area contributed by atoms with Crippen LogP contribution in [0.15, 0.2) is 60.8 Å². The van der Waals surface area contributed by atoms with Gasteiger partial charge in [-0.2, -0.15) is 4.98 Å². The van der Waals surface area contributed by atoms with E-state index in [1.807, 2.05) is 55.6 Å². The zero-order valence-electron chi connectivity index (χ0n) is 14.3. The number of aromatic nitrogens is 4. The minimum absolute atomic E-state index is 0.523. The summed E-state index contributed by atoms with van der Waals surface area (Å²) in [5, 5.41) is 7.54. The van der Waals surface area contributed by atoms with Crippen LogP contribution in [0, 0.1) is 0 Å². The van der Waals surface area contributed by atoms with Gasteiger partial charge in [0.05, 0.1) is 5.69 Å². The van der Waals surface area contributed by atoms with E-state index in [1.165, 1.54) is 0 Å². The van der Waals surface area contributed by atoms with Crippen LogP contribution < -0.4 is 5.32 Å². The average Bonchev–Trinajstić information content (AvgIpc) is 3.09. The number of anilines is 1. The molecular weight excluding hydrogens is 326 g/mol. The lowest BCUT2D eigenvalue weighted by Crippen LogP contribution is -1.99. The summed E-state index contributed by atoms with van der Waals surface area (Å²) in [6.07, 6.45) is 2.77. The highest BCUT2D eigenvalue weighted by atomic mass is 16.1. The van der Waals surface area contributed by atoms with Gasteiger partial charge in [-0.1, -0.05) is 54.6 Å². The molecule has 0 aliphatic rings. The van der Waals surface area contributed by atoms with Gasteiger partial charge in [-0.05, 0) is 12.5 Å². The minimum atomic E-state index is 0.523. The molecule has 0 fully saturated rings. The number of carbonyl (C=O) groups is 1. The molecule has 128 valence electrons. The Kier molecular flexibility index (Phi) is 4.15. The van der Waals surface area contributed by atoms with Crippen molar-refractivity contribution in [2.45, 2.75) is 6.92 Å². The molecule has 0 aliphatic heterocycles. The summed E-state index contributed by atoms with van der Waals surface area (Å²) in [5.41, 5.74) is 4.34. The molecular formula is C20H17N5O. The Labute approximate surface area is 150 Å². The van der Waals surface area contributed by atoms with E-state index in [0.29, 0.717) is 17.3 Å². The third-order valence-corrected chi connectivity index (χ3v) is 4.07. The van der Waals surface area contributed by atoms with E-state index < -0.39 is 0 Å². The van der Waals surface area contributed by atoms with Gasteiger partial charge >= 0.3 is 0 Å². The SMILES string of the molecule is CCNc1nc2nc(-c3ccc(C=O)cc3)c(-c3ccccc3)cn2n1. The normalized spacial score (nSPS) is 10.8. The number of hydrogen-bond acceptors (Lipinski definition) is 5. The molecule has 1 N–H and O–H groups in total. The van der Waals surface area contributed by atoms with Crippen LogP contribution in [-0.4, -0.2) is 32.4 Å². The number of nitrogens with one attached hydrogen (secondary N) is 1. The Hall–Kier alpha value is -3.54. The van der Waals surface area contributed by atoms with Crippen LogP contribution in [0.1, 0.15) is 17.3 Å². The van der Waals surface area contributed by atoms with E-state index in [9.17, 15) is 4.79 Å². The Morgan fingerprint density at radius 1 is 1.00 bits per heavy atom. The van der Waals surface area contributed by atoms with E-state index in [4.69, 9.17) is 4.98 Å². The quantitative estimate of drug-likeness (QED) is 0.559. The van der Waals surface area contributed by atoms with Gasteiger partial charge in [-0.15, -0.1) is 5.10 Å². The second-order valence-electron chi connectivity index (χ2n) is 5.82. The molecule has 0 radical (unpaired) electrons. The highest BCUT2D eigenvalue weighted by Crippen LogP contribution is 2.31. The summed E-state index contributed by atoms with van der Waals surface area (Å²) in [7, 11) is 0. The van der Waals surface area contributed by atoms with Gasteiger partial charge in [0, 0.05) is 29.4 Å². The number of fused-ring (bicyclic) bond motifs is 1. The van der Waals surface area contributed by atoms with Crippen molar-refractivity contribution < 1.29 is 4.79 Å². The van der Waals surface area contributed by atoms with E-state index in [-0.39, 0.29) is 0 Å². The highest BCUT2D eigenvalue weighted by molar-refractivity contribution is 5.83. The molecule has 6 heteroatoms. The zero-order chi connectivity index (χ0) is 17.9. The van der Waals surface area contributed by atoms with E-state index >= 15 is 0 Å². The first-order valence-electron chi connectivity index (χ1n) is 8.41. The smallest absolute Gasteiger partial charge is 0.254 e. The number of rotatable bonds is 5. The largest absolute Gasteiger partial charge is 0.353 e. The van der Waals surface area contributed by atoms with Gasteiger partial charge in [0.1, 0.15) is 6.29 Å². The molecule has 2 aromatic heterocycles. The van der Waals surface area contributed by atoms with Gasteiger partial charge in [0.2, 0.25) is 5.95 Å². The molecule has 0 aliphatic carbocycles. The Morgan fingerprint density at radius 3 is 2.46 bits per heavy atom. The average molecular weight is 343 g/mol. The molecule has 0 unspecified atom stereocenters. The maximum absolute atomic E-state index is 10.9. The second-order valence-corrected chi connectivity index (χ2v) is 5.82. The fraction of sp³-hybridized carbons (Fsp3) is 0.100. The number of hydrogen-bond donors (Lipinski definition) is 1. The molecule has 2 heterocycles. The number of nitrogens with zero attached hydrogens (tertiary/aromatic N) is 4. The number of carbonyl (C=O) groups excluding carboxylic acids is 1. The summed E-state index contributed by atoms with van der Waals surface area (Å²) >= 11 is 0. The zero-order valence-corrected chi connectivity index (χ0v) is 14.3. The van der Waals surface area contributed by atoms with Gasteiger partial charge in [0.25, 0.3) is 5.78 Å². The van der Waals surface area contributed by atoms with Crippen LogP contribution in [0.2, 0.25) is 0 Å². The van der Waals surface area contributed by atoms with Crippen molar-refractivity contribution >= 4 is 18.0 Å². The van der Waals surface area contributed by atoms with E-state index in [1.54, 1.807) is 16.6 Å². The van der Waals surface area contributed by atoms with Crippen LogP contribution >= 0.6 is 0 Å². The molecule has 0 saturated carbocycles. The highest BCUT2D eigenvalue weighted by Gasteiger charge is 2.14. The molecule has 6 nitrogen and oxygen atoms in total. The first-order valence-corrected chi connectivity index (χ1v) is 8.41. The van der Waals surface area contributed by atoms with Crippen molar-refractivity contribution in [1.82, 2.24) is 19.6 Å². The van der Waals surface area contributed by atoms with Crippen LogP contribution in [0.3, 0.4) is 0 Å². The minimum Gasteiger partial charge on any atom is -0.353 e. The third-order valence-electron chi connectivity index (χ3n) is 4.07. The number of benzene rings is 2. The monoisotopic (exact) mass is 343 g/mol. The molecule has 2 aromatic carbocycles. The van der Waals surface area contributed by atoms with Gasteiger partial charge in [-0.3, -0.25) is 4.79 Å². The van der Waals surface area contributed by atoms with Crippen molar-refractivity contribution in [2.24, 2.45) is 0 Å². The lowest BCUT2D eigenvalue weighted by molar-refractivity contribution is 0.112. The molecule has 0 saturated heterocycles. The molecule has 0 spiro atoms. The first-order chi connectivity index (χ1) is 12.8. The van der Waals surface area contributed by atoms with Crippen LogP contribution in [-0.2, 0) is 0 Å². The summed E-state index contributed by atoms with van der Waals surface area (Å²) in [5.74, 6) is 1.07. The molecule has 26 heavy (non-hydrogen) atoms. The fourth-order valence-electron chi connectivity index (χ4n) is 2.82. The summed E-state index contributed by atoms with van der Waals surface area (Å²) in [6.45, 7) is 2.73. The first kappa shape index (κ1) is 16.0. The Bertz CT molecular complexity index is 1050. The fourth-order valence-corrected chi connectivity index (χ4v) is 2.82. The maximum Gasteiger partial charge on any atom is 0.254 e. The lowest BCUT2D eigenvalue weighted by Gasteiger charge is -2.09.